The fourth-order valence-corrected chi connectivity index (χ4v) is 4.14. The highest BCUT2D eigenvalue weighted by atomic mass is 32.2. The fourth-order valence-electron chi connectivity index (χ4n) is 3.23. The summed E-state index contributed by atoms with van der Waals surface area (Å²) in [7, 11) is -3.43. The van der Waals surface area contributed by atoms with Crippen LogP contribution >= 0.6 is 0 Å². The van der Waals surface area contributed by atoms with Gasteiger partial charge in [-0.3, -0.25) is 9.59 Å². The van der Waals surface area contributed by atoms with E-state index in [4.69, 9.17) is 0 Å². The van der Waals surface area contributed by atoms with Gasteiger partial charge in [-0.25, -0.2) is 25.9 Å². The molecule has 1 fully saturated rings. The Hall–Kier alpha value is -2.14. The molecular weight excluding hydrogens is 411 g/mol. The van der Waals surface area contributed by atoms with Crippen molar-refractivity contribution in [1.82, 2.24) is 9.21 Å². The molecule has 1 saturated heterocycles. The molecule has 1 N–H and O–H groups in total. The zero-order chi connectivity index (χ0) is 21.8. The van der Waals surface area contributed by atoms with Crippen molar-refractivity contribution < 1.29 is 31.2 Å². The molecule has 1 atom stereocenters. The van der Waals surface area contributed by atoms with Crippen molar-refractivity contribution in [2.45, 2.75) is 26.2 Å². The van der Waals surface area contributed by atoms with Crippen molar-refractivity contribution >= 4 is 27.5 Å². The zero-order valence-electron chi connectivity index (χ0n) is 16.3. The van der Waals surface area contributed by atoms with Crippen LogP contribution < -0.4 is 5.32 Å². The predicted molar refractivity (Wildman–Crippen MR) is 101 cm³/mol. The molecule has 0 radical (unpaired) electrons. The molecule has 2 amide bonds. The molecule has 2 rings (SSSR count). The van der Waals surface area contributed by atoms with Gasteiger partial charge in [-0.1, -0.05) is 6.92 Å². The quantitative estimate of drug-likeness (QED) is 0.664. The first kappa shape index (κ1) is 23.1. The van der Waals surface area contributed by atoms with Gasteiger partial charge < -0.3 is 10.2 Å². The molecule has 29 heavy (non-hydrogen) atoms. The van der Waals surface area contributed by atoms with Gasteiger partial charge in [-0.15, -0.1) is 0 Å². The number of anilines is 1. The monoisotopic (exact) mass is 435 g/mol. The predicted octanol–water partition coefficient (Wildman–Crippen LogP) is 1.95. The second-order valence-corrected chi connectivity index (χ2v) is 8.97. The molecule has 1 unspecified atom stereocenters. The summed E-state index contributed by atoms with van der Waals surface area (Å²) in [4.78, 5) is 26.4. The van der Waals surface area contributed by atoms with Crippen molar-refractivity contribution in [3.8, 4) is 0 Å². The number of carbonyl (C=O) groups excluding carboxylic acids is 2. The second-order valence-electron chi connectivity index (χ2n) is 6.99. The van der Waals surface area contributed by atoms with E-state index in [-0.39, 0.29) is 19.0 Å². The Morgan fingerprint density at radius 3 is 2.55 bits per heavy atom. The lowest BCUT2D eigenvalue weighted by Crippen LogP contribution is -2.48. The normalized spacial score (nSPS) is 17.8. The van der Waals surface area contributed by atoms with Gasteiger partial charge in [0.05, 0.1) is 24.4 Å². The number of piperidine rings is 1. The Morgan fingerprint density at radius 2 is 1.93 bits per heavy atom. The van der Waals surface area contributed by atoms with Gasteiger partial charge in [-0.2, -0.15) is 0 Å². The zero-order valence-corrected chi connectivity index (χ0v) is 17.1. The summed E-state index contributed by atoms with van der Waals surface area (Å²) in [6.07, 6.45) is 2.63. The minimum atomic E-state index is -3.43. The minimum Gasteiger partial charge on any atom is -0.333 e. The van der Waals surface area contributed by atoms with Crippen molar-refractivity contribution in [2.24, 2.45) is 5.92 Å². The molecule has 162 valence electrons. The molecule has 1 aliphatic rings. The standard InChI is InChI=1S/C18H24F3N3O4S/c1-3-8-23(18(26)12-5-4-9-24(10-12)29(2,27)28)11-15(25)22-14-7-6-13(19)16(20)17(14)21/h6-7,12H,3-5,8-11H2,1-2H3,(H,22,25). The highest BCUT2D eigenvalue weighted by Crippen LogP contribution is 2.22. The lowest BCUT2D eigenvalue weighted by Gasteiger charge is -2.33. The molecule has 0 saturated carbocycles. The Bertz CT molecular complexity index is 879. The summed E-state index contributed by atoms with van der Waals surface area (Å²) in [5, 5.41) is 2.14. The van der Waals surface area contributed by atoms with E-state index in [0.29, 0.717) is 31.9 Å². The molecule has 1 aliphatic heterocycles. The Balaban J connectivity index is 2.08. The number of nitrogens with zero attached hydrogens (tertiary/aromatic N) is 2. The number of nitrogens with one attached hydrogen (secondary N) is 1. The lowest BCUT2D eigenvalue weighted by molar-refractivity contribution is -0.139. The van der Waals surface area contributed by atoms with Crippen LogP contribution in [0.3, 0.4) is 0 Å². The first-order valence-electron chi connectivity index (χ1n) is 9.21. The Labute approximate surface area is 167 Å². The second kappa shape index (κ2) is 9.57. The molecular formula is C18H24F3N3O4S. The Kier molecular flexibility index (Phi) is 7.64. The summed E-state index contributed by atoms with van der Waals surface area (Å²) in [6.45, 7) is 2.00. The number of rotatable bonds is 7. The van der Waals surface area contributed by atoms with E-state index in [9.17, 15) is 31.2 Å². The number of amides is 2. The molecule has 7 nitrogen and oxygen atoms in total. The van der Waals surface area contributed by atoms with Crippen molar-refractivity contribution in [2.75, 3.05) is 37.8 Å². The van der Waals surface area contributed by atoms with Gasteiger partial charge >= 0.3 is 0 Å². The average molecular weight is 435 g/mol. The molecule has 1 aromatic rings. The summed E-state index contributed by atoms with van der Waals surface area (Å²) in [6, 6.07) is 1.58. The van der Waals surface area contributed by atoms with Crippen LogP contribution in [0.5, 0.6) is 0 Å². The maximum atomic E-state index is 13.7. The number of hydrogen-bond acceptors (Lipinski definition) is 4. The molecule has 0 aliphatic carbocycles. The van der Waals surface area contributed by atoms with Crippen LogP contribution in [0.4, 0.5) is 18.9 Å². The highest BCUT2D eigenvalue weighted by molar-refractivity contribution is 7.88. The largest absolute Gasteiger partial charge is 0.333 e. The summed E-state index contributed by atoms with van der Waals surface area (Å²) in [5.74, 6) is -6.34. The number of halogens is 3. The highest BCUT2D eigenvalue weighted by Gasteiger charge is 2.33. The van der Waals surface area contributed by atoms with Gasteiger partial charge in [0.1, 0.15) is 0 Å². The summed E-state index contributed by atoms with van der Waals surface area (Å²) >= 11 is 0. The molecule has 0 spiro atoms. The minimum absolute atomic E-state index is 0.0390. The van der Waals surface area contributed by atoms with E-state index >= 15 is 0 Å². The van der Waals surface area contributed by atoms with Crippen LogP contribution in [-0.2, 0) is 19.6 Å². The first-order valence-corrected chi connectivity index (χ1v) is 11.1. The van der Waals surface area contributed by atoms with Crippen molar-refractivity contribution in [1.29, 1.82) is 0 Å². The van der Waals surface area contributed by atoms with E-state index in [0.717, 1.165) is 12.3 Å². The topological polar surface area (TPSA) is 86.8 Å². The molecule has 11 heteroatoms. The lowest BCUT2D eigenvalue weighted by atomic mass is 9.98. The molecule has 1 heterocycles. The summed E-state index contributed by atoms with van der Waals surface area (Å²) in [5.41, 5.74) is -0.529. The van der Waals surface area contributed by atoms with Gasteiger partial charge in [0.15, 0.2) is 17.5 Å². The van der Waals surface area contributed by atoms with Gasteiger partial charge in [0.2, 0.25) is 21.8 Å². The SMILES string of the molecule is CCCN(CC(=O)Nc1ccc(F)c(F)c1F)C(=O)C1CCCN(S(C)(=O)=O)C1. The molecule has 1 aromatic carbocycles. The van der Waals surface area contributed by atoms with Gasteiger partial charge in [0.25, 0.3) is 0 Å². The van der Waals surface area contributed by atoms with Crippen LogP contribution in [0.2, 0.25) is 0 Å². The smallest absolute Gasteiger partial charge is 0.244 e. The van der Waals surface area contributed by atoms with E-state index in [2.05, 4.69) is 5.32 Å². The third kappa shape index (κ3) is 5.92. The fraction of sp³-hybridized carbons (Fsp3) is 0.556. The first-order chi connectivity index (χ1) is 13.5. The number of sulfonamides is 1. The number of carbonyl (C=O) groups is 2. The van der Waals surface area contributed by atoms with E-state index in [1.54, 1.807) is 6.92 Å². The van der Waals surface area contributed by atoms with E-state index in [1.807, 2.05) is 0 Å². The van der Waals surface area contributed by atoms with Crippen LogP contribution in [0, 0.1) is 23.4 Å². The maximum absolute atomic E-state index is 13.7. The van der Waals surface area contributed by atoms with Crippen molar-refractivity contribution in [3.63, 3.8) is 0 Å². The summed E-state index contributed by atoms with van der Waals surface area (Å²) < 4.78 is 64.8. The molecule has 0 aromatic heterocycles. The van der Waals surface area contributed by atoms with Crippen LogP contribution in [-0.4, -0.2) is 61.9 Å². The van der Waals surface area contributed by atoms with E-state index in [1.165, 1.54) is 9.21 Å². The molecule has 0 bridgehead atoms. The van der Waals surface area contributed by atoms with Crippen LogP contribution in [0.1, 0.15) is 26.2 Å². The third-order valence-corrected chi connectivity index (χ3v) is 5.92. The number of benzene rings is 1. The Morgan fingerprint density at radius 1 is 1.24 bits per heavy atom. The van der Waals surface area contributed by atoms with E-state index < -0.39 is 51.5 Å². The number of hydrogen-bond donors (Lipinski definition) is 1. The van der Waals surface area contributed by atoms with Gasteiger partial charge in [-0.05, 0) is 31.4 Å². The van der Waals surface area contributed by atoms with Crippen LogP contribution in [0.25, 0.3) is 0 Å². The average Bonchev–Trinajstić information content (AvgIpc) is 2.67. The van der Waals surface area contributed by atoms with Crippen LogP contribution in [0.15, 0.2) is 12.1 Å². The third-order valence-electron chi connectivity index (χ3n) is 4.65. The van der Waals surface area contributed by atoms with Crippen molar-refractivity contribution in [3.05, 3.63) is 29.6 Å². The maximum Gasteiger partial charge on any atom is 0.244 e. The van der Waals surface area contributed by atoms with Gasteiger partial charge in [0, 0.05) is 19.6 Å².